The summed E-state index contributed by atoms with van der Waals surface area (Å²) in [6, 6.07) is 4.14. The lowest BCUT2D eigenvalue weighted by Crippen LogP contribution is -2.34. The van der Waals surface area contributed by atoms with E-state index in [1.54, 1.807) is 0 Å². The molecule has 0 atom stereocenters. The summed E-state index contributed by atoms with van der Waals surface area (Å²) in [6.07, 6.45) is 7.12. The second-order valence-corrected chi connectivity index (χ2v) is 5.51. The molecule has 0 unspecified atom stereocenters. The van der Waals surface area contributed by atoms with Crippen molar-refractivity contribution in [2.24, 2.45) is 5.92 Å². The summed E-state index contributed by atoms with van der Waals surface area (Å²) in [7, 11) is 0. The van der Waals surface area contributed by atoms with Crippen LogP contribution in [0.25, 0.3) is 0 Å². The predicted molar refractivity (Wildman–Crippen MR) is 75.0 cm³/mol. The number of pyridine rings is 1. The van der Waals surface area contributed by atoms with Crippen LogP contribution in [0.2, 0.25) is 0 Å². The summed E-state index contributed by atoms with van der Waals surface area (Å²) in [4.78, 5) is 11.0. The van der Waals surface area contributed by atoms with Gasteiger partial charge in [-0.15, -0.1) is 0 Å². The second-order valence-electron chi connectivity index (χ2n) is 5.51. The van der Waals surface area contributed by atoms with Crippen LogP contribution in [0, 0.1) is 12.8 Å². The van der Waals surface area contributed by atoms with E-state index in [1.165, 1.54) is 18.4 Å². The third-order valence-electron chi connectivity index (χ3n) is 3.88. The molecular weight excluding hydrogens is 252 g/mol. The summed E-state index contributed by atoms with van der Waals surface area (Å²) in [6.45, 7) is 5.11. The van der Waals surface area contributed by atoms with E-state index in [0.29, 0.717) is 11.8 Å². The van der Waals surface area contributed by atoms with Gasteiger partial charge in [0.25, 0.3) is 0 Å². The Morgan fingerprint density at radius 3 is 2.85 bits per heavy atom. The number of rotatable bonds is 4. The van der Waals surface area contributed by atoms with Crippen LogP contribution < -0.4 is 0 Å². The van der Waals surface area contributed by atoms with E-state index in [2.05, 4.69) is 26.1 Å². The molecule has 106 valence electrons. The minimum atomic E-state index is 0.661. The molecular formula is C15H20N4O. The summed E-state index contributed by atoms with van der Waals surface area (Å²) >= 11 is 0. The van der Waals surface area contributed by atoms with Crippen LogP contribution in [-0.2, 0) is 13.0 Å². The highest BCUT2D eigenvalue weighted by Crippen LogP contribution is 2.21. The third kappa shape index (κ3) is 3.42. The van der Waals surface area contributed by atoms with Crippen molar-refractivity contribution in [3.8, 4) is 0 Å². The molecule has 0 saturated carbocycles. The normalized spacial score (nSPS) is 17.4. The van der Waals surface area contributed by atoms with Crippen molar-refractivity contribution in [3.63, 3.8) is 0 Å². The molecule has 3 rings (SSSR count). The van der Waals surface area contributed by atoms with E-state index in [9.17, 15) is 0 Å². The number of nitrogens with zero attached hydrogens (tertiary/aromatic N) is 4. The fourth-order valence-corrected chi connectivity index (χ4v) is 2.78. The largest absolute Gasteiger partial charge is 0.340 e. The average molecular weight is 272 g/mol. The molecule has 5 nitrogen and oxygen atoms in total. The van der Waals surface area contributed by atoms with E-state index >= 15 is 0 Å². The second kappa shape index (κ2) is 6.13. The van der Waals surface area contributed by atoms with Crippen LogP contribution in [0.15, 0.2) is 29.0 Å². The first kappa shape index (κ1) is 13.2. The molecule has 2 aromatic rings. The Kier molecular flexibility index (Phi) is 4.06. The minimum absolute atomic E-state index is 0.661. The van der Waals surface area contributed by atoms with Crippen molar-refractivity contribution in [3.05, 3.63) is 41.8 Å². The summed E-state index contributed by atoms with van der Waals surface area (Å²) in [5.41, 5.74) is 1.29. The zero-order valence-electron chi connectivity index (χ0n) is 11.8. The summed E-state index contributed by atoms with van der Waals surface area (Å²) in [5.74, 6) is 2.19. The lowest BCUT2D eigenvalue weighted by Gasteiger charge is -2.31. The van der Waals surface area contributed by atoms with Crippen molar-refractivity contribution in [2.75, 3.05) is 13.1 Å². The quantitative estimate of drug-likeness (QED) is 0.854. The van der Waals surface area contributed by atoms with Gasteiger partial charge in [0.15, 0.2) is 5.82 Å². The molecule has 1 aliphatic rings. The van der Waals surface area contributed by atoms with Gasteiger partial charge in [-0.05, 0) is 43.5 Å². The van der Waals surface area contributed by atoms with E-state index < -0.39 is 0 Å². The van der Waals surface area contributed by atoms with Gasteiger partial charge < -0.3 is 4.52 Å². The van der Waals surface area contributed by atoms with Crippen molar-refractivity contribution in [1.82, 2.24) is 20.0 Å². The molecule has 0 aliphatic carbocycles. The first-order valence-electron chi connectivity index (χ1n) is 7.20. The molecule has 0 bridgehead atoms. The third-order valence-corrected chi connectivity index (χ3v) is 3.88. The van der Waals surface area contributed by atoms with Crippen molar-refractivity contribution in [1.29, 1.82) is 0 Å². The van der Waals surface area contributed by atoms with Gasteiger partial charge in [0.05, 0.1) is 0 Å². The number of aryl methyl sites for hydroxylation is 1. The standard InChI is InChI=1S/C15H20N4O/c1-12-17-15(18-20-12)9-13-4-7-19(8-5-13)11-14-3-2-6-16-10-14/h2-3,6,10,13H,4-5,7-9,11H2,1H3. The van der Waals surface area contributed by atoms with Gasteiger partial charge in [0.1, 0.15) is 0 Å². The summed E-state index contributed by atoms with van der Waals surface area (Å²) in [5, 5.41) is 3.99. The van der Waals surface area contributed by atoms with Crippen LogP contribution in [0.3, 0.4) is 0 Å². The smallest absolute Gasteiger partial charge is 0.223 e. The van der Waals surface area contributed by atoms with E-state index in [0.717, 1.165) is 31.9 Å². The van der Waals surface area contributed by atoms with Crippen LogP contribution in [0.4, 0.5) is 0 Å². The molecule has 1 saturated heterocycles. The lowest BCUT2D eigenvalue weighted by atomic mass is 9.93. The number of hydrogen-bond donors (Lipinski definition) is 0. The predicted octanol–water partition coefficient (Wildman–Crippen LogP) is 2.23. The van der Waals surface area contributed by atoms with Gasteiger partial charge >= 0.3 is 0 Å². The number of hydrogen-bond acceptors (Lipinski definition) is 5. The van der Waals surface area contributed by atoms with Crippen LogP contribution in [0.5, 0.6) is 0 Å². The van der Waals surface area contributed by atoms with Gasteiger partial charge in [-0.3, -0.25) is 9.88 Å². The fourth-order valence-electron chi connectivity index (χ4n) is 2.78. The van der Waals surface area contributed by atoms with Gasteiger partial charge in [-0.2, -0.15) is 4.98 Å². The molecule has 0 spiro atoms. The van der Waals surface area contributed by atoms with Gasteiger partial charge in [-0.25, -0.2) is 0 Å². The number of likely N-dealkylation sites (tertiary alicyclic amines) is 1. The average Bonchev–Trinajstić information content (AvgIpc) is 2.88. The molecule has 0 radical (unpaired) electrons. The first-order chi connectivity index (χ1) is 9.79. The highest BCUT2D eigenvalue weighted by Gasteiger charge is 2.21. The SMILES string of the molecule is Cc1nc(CC2CCN(Cc3cccnc3)CC2)no1. The number of aromatic nitrogens is 3. The molecule has 0 amide bonds. The maximum Gasteiger partial charge on any atom is 0.223 e. The maximum atomic E-state index is 5.03. The van der Waals surface area contributed by atoms with Crippen LogP contribution >= 0.6 is 0 Å². The Morgan fingerprint density at radius 1 is 1.35 bits per heavy atom. The Morgan fingerprint density at radius 2 is 2.20 bits per heavy atom. The highest BCUT2D eigenvalue weighted by molar-refractivity contribution is 5.08. The Labute approximate surface area is 119 Å². The Balaban J connectivity index is 1.47. The van der Waals surface area contributed by atoms with Gasteiger partial charge in [-0.1, -0.05) is 11.2 Å². The Hall–Kier alpha value is -1.75. The monoisotopic (exact) mass is 272 g/mol. The van der Waals surface area contributed by atoms with Crippen molar-refractivity contribution >= 4 is 0 Å². The summed E-state index contributed by atoms with van der Waals surface area (Å²) < 4.78 is 5.03. The molecule has 0 aromatic carbocycles. The van der Waals surface area contributed by atoms with Gasteiger partial charge in [0.2, 0.25) is 5.89 Å². The molecule has 3 heterocycles. The fraction of sp³-hybridized carbons (Fsp3) is 0.533. The molecule has 2 aromatic heterocycles. The molecule has 0 N–H and O–H groups in total. The molecule has 20 heavy (non-hydrogen) atoms. The van der Waals surface area contributed by atoms with E-state index in [4.69, 9.17) is 4.52 Å². The van der Waals surface area contributed by atoms with Crippen molar-refractivity contribution < 1.29 is 4.52 Å². The van der Waals surface area contributed by atoms with E-state index in [1.807, 2.05) is 25.4 Å². The maximum absolute atomic E-state index is 5.03. The van der Waals surface area contributed by atoms with Crippen LogP contribution in [0.1, 0.15) is 30.1 Å². The van der Waals surface area contributed by atoms with E-state index in [-0.39, 0.29) is 0 Å². The van der Waals surface area contributed by atoms with Gasteiger partial charge in [0, 0.05) is 32.3 Å². The zero-order valence-corrected chi connectivity index (χ0v) is 11.8. The highest BCUT2D eigenvalue weighted by atomic mass is 16.5. The molecule has 5 heteroatoms. The molecule has 1 aliphatic heterocycles. The topological polar surface area (TPSA) is 55.1 Å². The lowest BCUT2D eigenvalue weighted by molar-refractivity contribution is 0.175. The Bertz CT molecular complexity index is 532. The van der Waals surface area contributed by atoms with Crippen LogP contribution in [-0.4, -0.2) is 33.1 Å². The number of piperidine rings is 1. The van der Waals surface area contributed by atoms with Crippen molar-refractivity contribution in [2.45, 2.75) is 32.7 Å². The minimum Gasteiger partial charge on any atom is -0.340 e. The molecule has 1 fully saturated rings. The zero-order chi connectivity index (χ0) is 13.8. The first-order valence-corrected chi connectivity index (χ1v) is 7.20.